The molecule has 1 aliphatic rings. The van der Waals surface area contributed by atoms with E-state index in [4.69, 9.17) is 0 Å². The molecule has 2 rings (SSSR count). The maximum absolute atomic E-state index is 11.9. The number of rotatable bonds is 4. The smallest absolute Gasteiger partial charge is 0.319 e. The van der Waals surface area contributed by atoms with E-state index in [0.29, 0.717) is 0 Å². The number of benzene rings is 1. The van der Waals surface area contributed by atoms with Crippen molar-refractivity contribution >= 4 is 35.1 Å². The minimum absolute atomic E-state index is 0.0125. The number of likely N-dealkylation sites (N-methyl/N-ethyl adjacent to an activating group) is 1. The van der Waals surface area contributed by atoms with E-state index >= 15 is 0 Å². The number of nitrogens with zero attached hydrogens (tertiary/aromatic N) is 2. The first-order valence-electron chi connectivity index (χ1n) is 7.65. The van der Waals surface area contributed by atoms with Gasteiger partial charge in [-0.2, -0.15) is 11.8 Å². The molecular weight excluding hydrogens is 312 g/mol. The second-order valence-electron chi connectivity index (χ2n) is 5.69. The van der Waals surface area contributed by atoms with Gasteiger partial charge in [0, 0.05) is 50.1 Å². The summed E-state index contributed by atoms with van der Waals surface area (Å²) in [4.78, 5) is 27.1. The molecule has 0 atom stereocenters. The Bertz CT molecular complexity index is 571. The highest BCUT2D eigenvalue weighted by molar-refractivity contribution is 7.99. The lowest BCUT2D eigenvalue weighted by molar-refractivity contribution is -0.127. The second-order valence-corrected chi connectivity index (χ2v) is 6.92. The average molecular weight is 336 g/mol. The van der Waals surface area contributed by atoms with Crippen LogP contribution < -0.4 is 15.5 Å². The van der Waals surface area contributed by atoms with Crippen molar-refractivity contribution in [2.45, 2.75) is 6.92 Å². The average Bonchev–Trinajstić information content (AvgIpc) is 2.55. The Hall–Kier alpha value is -1.89. The molecule has 2 N–H and O–H groups in total. The lowest BCUT2D eigenvalue weighted by Crippen LogP contribution is -2.38. The Morgan fingerprint density at radius 1 is 1.26 bits per heavy atom. The minimum Gasteiger partial charge on any atom is -0.370 e. The number of carbonyl (C=O) groups excluding carboxylic acids is 2. The Kier molecular flexibility index (Phi) is 6.15. The van der Waals surface area contributed by atoms with Gasteiger partial charge in [-0.1, -0.05) is 0 Å². The molecule has 0 spiro atoms. The van der Waals surface area contributed by atoms with Crippen LogP contribution in [0.2, 0.25) is 0 Å². The van der Waals surface area contributed by atoms with Gasteiger partial charge >= 0.3 is 6.03 Å². The summed E-state index contributed by atoms with van der Waals surface area (Å²) in [6.45, 7) is 4.08. The van der Waals surface area contributed by atoms with Crippen molar-refractivity contribution in [2.24, 2.45) is 0 Å². The predicted octanol–water partition coefficient (Wildman–Crippen LogP) is 1.76. The van der Waals surface area contributed by atoms with E-state index in [-0.39, 0.29) is 18.5 Å². The number of urea groups is 1. The third-order valence-corrected chi connectivity index (χ3v) is 4.68. The van der Waals surface area contributed by atoms with Crippen LogP contribution in [-0.4, -0.2) is 62.1 Å². The zero-order valence-electron chi connectivity index (χ0n) is 13.9. The number of anilines is 2. The minimum atomic E-state index is -0.370. The van der Waals surface area contributed by atoms with Gasteiger partial charge in [0.25, 0.3) is 0 Å². The summed E-state index contributed by atoms with van der Waals surface area (Å²) in [5, 5.41) is 5.35. The van der Waals surface area contributed by atoms with Crippen molar-refractivity contribution in [1.82, 2.24) is 10.2 Å². The first kappa shape index (κ1) is 17.5. The molecule has 1 aromatic carbocycles. The molecule has 1 saturated heterocycles. The van der Waals surface area contributed by atoms with E-state index in [2.05, 4.69) is 21.6 Å². The van der Waals surface area contributed by atoms with Gasteiger partial charge in [-0.3, -0.25) is 4.79 Å². The molecule has 1 aliphatic heterocycles. The van der Waals surface area contributed by atoms with E-state index < -0.39 is 0 Å². The standard InChI is InChI=1S/C16H24N4O2S/c1-12-10-13(20-6-8-23-9-7-20)4-5-14(12)18-16(22)17-11-15(21)19(2)3/h4-5,10H,6-9,11H2,1-3H3,(H2,17,18,22). The molecule has 0 unspecified atom stereocenters. The van der Waals surface area contributed by atoms with E-state index in [1.54, 1.807) is 14.1 Å². The maximum Gasteiger partial charge on any atom is 0.319 e. The van der Waals surface area contributed by atoms with Crippen LogP contribution in [0.5, 0.6) is 0 Å². The summed E-state index contributed by atoms with van der Waals surface area (Å²) in [5.41, 5.74) is 2.96. The van der Waals surface area contributed by atoms with Crippen molar-refractivity contribution < 1.29 is 9.59 Å². The van der Waals surface area contributed by atoms with Gasteiger partial charge in [0.2, 0.25) is 5.91 Å². The molecule has 6 nitrogen and oxygen atoms in total. The van der Waals surface area contributed by atoms with Crippen molar-refractivity contribution in [2.75, 3.05) is 55.5 Å². The molecule has 3 amide bonds. The number of carbonyl (C=O) groups is 2. The van der Waals surface area contributed by atoms with Crippen LogP contribution in [0.4, 0.5) is 16.2 Å². The normalized spacial score (nSPS) is 14.3. The third kappa shape index (κ3) is 5.06. The first-order valence-corrected chi connectivity index (χ1v) is 8.81. The number of thioether (sulfide) groups is 1. The van der Waals surface area contributed by atoms with Crippen LogP contribution in [0.15, 0.2) is 18.2 Å². The fraction of sp³-hybridized carbons (Fsp3) is 0.500. The van der Waals surface area contributed by atoms with Crippen LogP contribution in [0.1, 0.15) is 5.56 Å². The predicted molar refractivity (Wildman–Crippen MR) is 96.4 cm³/mol. The lowest BCUT2D eigenvalue weighted by atomic mass is 10.1. The fourth-order valence-electron chi connectivity index (χ4n) is 2.29. The van der Waals surface area contributed by atoms with E-state index in [1.165, 1.54) is 10.6 Å². The molecule has 1 fully saturated rings. The van der Waals surface area contributed by atoms with Gasteiger partial charge in [0.15, 0.2) is 0 Å². The summed E-state index contributed by atoms with van der Waals surface area (Å²) < 4.78 is 0. The number of hydrogen-bond acceptors (Lipinski definition) is 4. The SMILES string of the molecule is Cc1cc(N2CCSCC2)ccc1NC(=O)NCC(=O)N(C)C. The Labute approximate surface area is 141 Å². The highest BCUT2D eigenvalue weighted by Gasteiger charge is 2.13. The number of nitrogens with one attached hydrogen (secondary N) is 2. The van der Waals surface area contributed by atoms with Crippen LogP contribution >= 0.6 is 11.8 Å². The van der Waals surface area contributed by atoms with Gasteiger partial charge in [-0.25, -0.2) is 4.79 Å². The van der Waals surface area contributed by atoms with Crippen LogP contribution in [-0.2, 0) is 4.79 Å². The van der Waals surface area contributed by atoms with Gasteiger partial charge in [-0.05, 0) is 30.7 Å². The molecule has 0 radical (unpaired) electrons. The molecule has 0 aliphatic carbocycles. The maximum atomic E-state index is 11.9. The molecular formula is C16H24N4O2S. The third-order valence-electron chi connectivity index (χ3n) is 3.73. The summed E-state index contributed by atoms with van der Waals surface area (Å²) >= 11 is 1.98. The summed E-state index contributed by atoms with van der Waals surface area (Å²) in [7, 11) is 3.31. The molecule has 0 bridgehead atoms. The topological polar surface area (TPSA) is 64.7 Å². The molecule has 1 aromatic rings. The Morgan fingerprint density at radius 3 is 2.57 bits per heavy atom. The number of amides is 3. The molecule has 23 heavy (non-hydrogen) atoms. The second kappa shape index (κ2) is 8.10. The summed E-state index contributed by atoms with van der Waals surface area (Å²) in [6, 6.07) is 5.67. The summed E-state index contributed by atoms with van der Waals surface area (Å²) in [6.07, 6.45) is 0. The van der Waals surface area contributed by atoms with Crippen molar-refractivity contribution in [3.8, 4) is 0 Å². The molecule has 7 heteroatoms. The van der Waals surface area contributed by atoms with Crippen molar-refractivity contribution in [1.29, 1.82) is 0 Å². The van der Waals surface area contributed by atoms with Gasteiger partial charge in [-0.15, -0.1) is 0 Å². The largest absolute Gasteiger partial charge is 0.370 e. The van der Waals surface area contributed by atoms with E-state index in [9.17, 15) is 9.59 Å². The van der Waals surface area contributed by atoms with E-state index in [0.717, 1.165) is 35.8 Å². The zero-order valence-corrected chi connectivity index (χ0v) is 14.7. The van der Waals surface area contributed by atoms with Crippen LogP contribution in [0.3, 0.4) is 0 Å². The number of aryl methyl sites for hydroxylation is 1. The fourth-order valence-corrected chi connectivity index (χ4v) is 3.19. The van der Waals surface area contributed by atoms with E-state index in [1.807, 2.05) is 30.8 Å². The first-order chi connectivity index (χ1) is 11.0. The Balaban J connectivity index is 1.92. The van der Waals surface area contributed by atoms with Gasteiger partial charge < -0.3 is 20.4 Å². The van der Waals surface area contributed by atoms with Crippen LogP contribution in [0.25, 0.3) is 0 Å². The lowest BCUT2D eigenvalue weighted by Gasteiger charge is -2.29. The molecule has 126 valence electrons. The zero-order chi connectivity index (χ0) is 16.8. The highest BCUT2D eigenvalue weighted by atomic mass is 32.2. The van der Waals surface area contributed by atoms with Crippen molar-refractivity contribution in [3.63, 3.8) is 0 Å². The van der Waals surface area contributed by atoms with Crippen LogP contribution in [0, 0.1) is 6.92 Å². The van der Waals surface area contributed by atoms with Gasteiger partial charge in [0.1, 0.15) is 0 Å². The van der Waals surface area contributed by atoms with Gasteiger partial charge in [0.05, 0.1) is 6.54 Å². The monoisotopic (exact) mass is 336 g/mol. The van der Waals surface area contributed by atoms with Crippen molar-refractivity contribution in [3.05, 3.63) is 23.8 Å². The highest BCUT2D eigenvalue weighted by Crippen LogP contribution is 2.24. The molecule has 0 saturated carbocycles. The molecule has 0 aromatic heterocycles. The summed E-state index contributed by atoms with van der Waals surface area (Å²) in [5.74, 6) is 2.16. The Morgan fingerprint density at radius 2 is 1.96 bits per heavy atom. The number of hydrogen-bond donors (Lipinski definition) is 2. The quantitative estimate of drug-likeness (QED) is 0.879. The molecule has 1 heterocycles.